The van der Waals surface area contributed by atoms with Gasteiger partial charge in [-0.05, 0) is 42.0 Å². The van der Waals surface area contributed by atoms with Crippen LogP contribution in [0.25, 0.3) is 11.0 Å². The number of nitrogens with zero attached hydrogens (tertiary/aromatic N) is 3. The Morgan fingerprint density at radius 3 is 2.43 bits per heavy atom. The van der Waals surface area contributed by atoms with Crippen LogP contribution in [0.1, 0.15) is 34.2 Å². The monoisotopic (exact) mass is 532 g/mol. The number of alkyl halides is 3. The van der Waals surface area contributed by atoms with E-state index in [0.29, 0.717) is 5.56 Å². The molecular weight excluding hydrogens is 509 g/mol. The van der Waals surface area contributed by atoms with Crippen molar-refractivity contribution in [1.82, 2.24) is 19.4 Å². The number of hydrogen-bond acceptors (Lipinski definition) is 5. The molecule has 1 N–H and O–H groups in total. The van der Waals surface area contributed by atoms with E-state index in [2.05, 4.69) is 10.3 Å². The number of benzene rings is 2. The fourth-order valence-corrected chi connectivity index (χ4v) is 4.74. The summed E-state index contributed by atoms with van der Waals surface area (Å²) in [6.07, 6.45) is -3.27. The number of imidazole rings is 1. The van der Waals surface area contributed by atoms with Crippen molar-refractivity contribution in [3.8, 4) is 0 Å². The van der Waals surface area contributed by atoms with Gasteiger partial charge in [0.25, 0.3) is 11.5 Å². The molecular formula is C25H23F3N4O4S. The first-order valence-corrected chi connectivity index (χ1v) is 12.9. The summed E-state index contributed by atoms with van der Waals surface area (Å²) >= 11 is 0. The summed E-state index contributed by atoms with van der Waals surface area (Å²) in [5, 5.41) is 2.67. The van der Waals surface area contributed by atoms with Gasteiger partial charge in [-0.15, -0.1) is 0 Å². The minimum Gasteiger partial charge on any atom is -0.348 e. The van der Waals surface area contributed by atoms with E-state index < -0.39 is 33.3 Å². The molecule has 0 aliphatic rings. The molecule has 4 rings (SSSR count). The maximum Gasteiger partial charge on any atom is 0.449 e. The quantitative estimate of drug-likeness (QED) is 0.392. The summed E-state index contributed by atoms with van der Waals surface area (Å²) in [4.78, 5) is 29.0. The van der Waals surface area contributed by atoms with Gasteiger partial charge in [-0.1, -0.05) is 25.1 Å². The van der Waals surface area contributed by atoms with Crippen molar-refractivity contribution in [2.45, 2.75) is 31.1 Å². The second-order valence-electron chi connectivity index (χ2n) is 8.40. The molecule has 0 spiro atoms. The van der Waals surface area contributed by atoms with Gasteiger partial charge in [0.1, 0.15) is 0 Å². The van der Waals surface area contributed by atoms with E-state index in [0.717, 1.165) is 4.57 Å². The fourth-order valence-electron chi connectivity index (χ4n) is 3.86. The van der Waals surface area contributed by atoms with Crippen LogP contribution in [0.3, 0.4) is 0 Å². The topological polar surface area (TPSA) is 103 Å². The number of fused-ring (bicyclic) bond motifs is 1. The standard InChI is InChI=1S/C25H23F3N4O4S/c1-3-37(35,36)19-9-6-16(7-10-19)14-29-22(33)17-8-11-21-20(13-17)30-24(25(26,27)28)32(21)15-18-5-4-12-31(2)23(18)34/h4-13H,3,14-15H2,1-2H3,(H,29,33). The highest BCUT2D eigenvalue weighted by molar-refractivity contribution is 7.91. The zero-order valence-corrected chi connectivity index (χ0v) is 20.7. The van der Waals surface area contributed by atoms with Gasteiger partial charge in [-0.3, -0.25) is 9.59 Å². The van der Waals surface area contributed by atoms with E-state index in [4.69, 9.17) is 0 Å². The molecule has 2 aromatic heterocycles. The molecule has 194 valence electrons. The van der Waals surface area contributed by atoms with Crippen LogP contribution in [0, 0.1) is 0 Å². The SMILES string of the molecule is CCS(=O)(=O)c1ccc(CNC(=O)c2ccc3c(c2)nc(C(F)(F)F)n3Cc2cccn(C)c2=O)cc1. The van der Waals surface area contributed by atoms with Gasteiger partial charge >= 0.3 is 6.18 Å². The third-order valence-corrected chi connectivity index (χ3v) is 7.66. The molecule has 0 unspecified atom stereocenters. The molecule has 0 aliphatic carbocycles. The van der Waals surface area contributed by atoms with E-state index >= 15 is 0 Å². The Morgan fingerprint density at radius 1 is 1.08 bits per heavy atom. The molecule has 0 fully saturated rings. The number of carbonyl (C=O) groups is 1. The predicted octanol–water partition coefficient (Wildman–Crippen LogP) is 3.53. The number of pyridine rings is 1. The highest BCUT2D eigenvalue weighted by Gasteiger charge is 2.38. The predicted molar refractivity (Wildman–Crippen MR) is 131 cm³/mol. The van der Waals surface area contributed by atoms with Crippen LogP contribution < -0.4 is 10.9 Å². The molecule has 12 heteroatoms. The average Bonchev–Trinajstić information content (AvgIpc) is 3.23. The number of rotatable bonds is 7. The summed E-state index contributed by atoms with van der Waals surface area (Å²) in [6, 6.07) is 13.1. The van der Waals surface area contributed by atoms with Gasteiger partial charge in [0, 0.05) is 30.9 Å². The van der Waals surface area contributed by atoms with E-state index in [1.165, 1.54) is 54.2 Å². The van der Waals surface area contributed by atoms with Gasteiger partial charge < -0.3 is 14.5 Å². The van der Waals surface area contributed by atoms with Crippen LogP contribution in [0.2, 0.25) is 0 Å². The first-order valence-electron chi connectivity index (χ1n) is 11.2. The van der Waals surface area contributed by atoms with Crippen molar-refractivity contribution in [3.05, 3.63) is 93.7 Å². The van der Waals surface area contributed by atoms with Gasteiger partial charge in [-0.25, -0.2) is 13.4 Å². The number of hydrogen-bond donors (Lipinski definition) is 1. The first kappa shape index (κ1) is 26.1. The lowest BCUT2D eigenvalue weighted by Crippen LogP contribution is -2.24. The second-order valence-corrected chi connectivity index (χ2v) is 10.7. The van der Waals surface area contributed by atoms with E-state index in [1.807, 2.05) is 0 Å². The van der Waals surface area contributed by atoms with Crippen LogP contribution in [-0.4, -0.2) is 34.2 Å². The Morgan fingerprint density at radius 2 is 1.78 bits per heavy atom. The number of sulfone groups is 1. The Labute approximate surface area is 210 Å². The Kier molecular flexibility index (Phi) is 6.96. The lowest BCUT2D eigenvalue weighted by molar-refractivity contribution is -0.146. The summed E-state index contributed by atoms with van der Waals surface area (Å²) in [5.41, 5.74) is 0.580. The minimum atomic E-state index is -4.78. The smallest absolute Gasteiger partial charge is 0.348 e. The zero-order valence-electron chi connectivity index (χ0n) is 19.9. The Bertz CT molecular complexity index is 1640. The summed E-state index contributed by atoms with van der Waals surface area (Å²) in [5.74, 6) is -1.74. The van der Waals surface area contributed by atoms with Gasteiger partial charge in [0.15, 0.2) is 9.84 Å². The van der Waals surface area contributed by atoms with Gasteiger partial charge in [-0.2, -0.15) is 13.2 Å². The number of halogens is 3. The van der Waals surface area contributed by atoms with Crippen molar-refractivity contribution in [2.24, 2.45) is 7.05 Å². The number of amides is 1. The molecule has 0 aliphatic heterocycles. The number of carbonyl (C=O) groups excluding carboxylic acids is 1. The summed E-state index contributed by atoms with van der Waals surface area (Å²) in [7, 11) is -1.83. The average molecular weight is 533 g/mol. The molecule has 0 radical (unpaired) electrons. The van der Waals surface area contributed by atoms with Crippen molar-refractivity contribution in [2.75, 3.05) is 5.75 Å². The number of nitrogens with one attached hydrogen (secondary N) is 1. The minimum absolute atomic E-state index is 0.0284. The zero-order chi connectivity index (χ0) is 27.0. The van der Waals surface area contributed by atoms with Crippen molar-refractivity contribution >= 4 is 26.8 Å². The third kappa shape index (κ3) is 5.43. The van der Waals surface area contributed by atoms with Crippen LogP contribution >= 0.6 is 0 Å². The molecule has 4 aromatic rings. The molecule has 0 saturated carbocycles. The molecule has 37 heavy (non-hydrogen) atoms. The highest BCUT2D eigenvalue weighted by atomic mass is 32.2. The number of aromatic nitrogens is 3. The van der Waals surface area contributed by atoms with E-state index in [-0.39, 0.29) is 45.9 Å². The summed E-state index contributed by atoms with van der Waals surface area (Å²) < 4.78 is 67.4. The normalized spacial score (nSPS) is 12.1. The molecule has 0 atom stereocenters. The van der Waals surface area contributed by atoms with Crippen LogP contribution in [0.15, 0.2) is 70.5 Å². The molecule has 1 amide bonds. The largest absolute Gasteiger partial charge is 0.449 e. The maximum atomic E-state index is 13.8. The lowest BCUT2D eigenvalue weighted by Gasteiger charge is -2.12. The van der Waals surface area contributed by atoms with E-state index in [1.54, 1.807) is 25.1 Å². The fraction of sp³-hybridized carbons (Fsp3) is 0.240. The molecule has 0 bridgehead atoms. The third-order valence-electron chi connectivity index (χ3n) is 5.91. The van der Waals surface area contributed by atoms with Crippen LogP contribution in [0.5, 0.6) is 0 Å². The second kappa shape index (κ2) is 9.85. The molecule has 2 aromatic carbocycles. The van der Waals surface area contributed by atoms with Crippen LogP contribution in [0.4, 0.5) is 13.2 Å². The lowest BCUT2D eigenvalue weighted by atomic mass is 10.1. The molecule has 2 heterocycles. The highest BCUT2D eigenvalue weighted by Crippen LogP contribution is 2.32. The summed E-state index contributed by atoms with van der Waals surface area (Å²) in [6.45, 7) is 1.29. The number of aryl methyl sites for hydroxylation is 1. The Balaban J connectivity index is 1.59. The van der Waals surface area contributed by atoms with Gasteiger partial charge in [0.2, 0.25) is 5.82 Å². The van der Waals surface area contributed by atoms with Gasteiger partial charge in [0.05, 0.1) is 28.2 Å². The molecule has 8 nitrogen and oxygen atoms in total. The maximum absolute atomic E-state index is 13.8. The Hall–Kier alpha value is -3.93. The van der Waals surface area contributed by atoms with Crippen LogP contribution in [-0.2, 0) is 36.2 Å². The van der Waals surface area contributed by atoms with Crippen molar-refractivity contribution in [1.29, 1.82) is 0 Å². The van der Waals surface area contributed by atoms with Crippen molar-refractivity contribution < 1.29 is 26.4 Å². The first-order chi connectivity index (χ1) is 17.4. The molecule has 0 saturated heterocycles. The van der Waals surface area contributed by atoms with E-state index in [9.17, 15) is 31.2 Å². The van der Waals surface area contributed by atoms with Crippen molar-refractivity contribution in [3.63, 3.8) is 0 Å².